The van der Waals surface area contributed by atoms with E-state index in [-0.39, 0.29) is 12.3 Å². The highest BCUT2D eigenvalue weighted by Gasteiger charge is 2.33. The molecular formula is C24H36N4O7. The van der Waals surface area contributed by atoms with E-state index in [9.17, 15) is 29.1 Å². The van der Waals surface area contributed by atoms with E-state index in [1.54, 1.807) is 51.1 Å². The standard InChI is InChI=1S/C24H36N4O7/c1-5-14(4)20(28-21(31)16(25)12-18(29)30)23(33)26-17(11-15-9-7-6-8-10-15)22(32)27-19(13(2)3)24(34)35/h6-10,13-14,16-17,19-20H,5,11-12,25H2,1-4H3,(H,26,33)(H,27,32)(H,28,31)(H,29,30)(H,34,35). The van der Waals surface area contributed by atoms with Gasteiger partial charge in [-0.05, 0) is 17.4 Å². The van der Waals surface area contributed by atoms with Crippen molar-refractivity contribution in [2.75, 3.05) is 0 Å². The number of benzene rings is 1. The number of carboxylic acids is 2. The minimum Gasteiger partial charge on any atom is -0.481 e. The van der Waals surface area contributed by atoms with Crippen molar-refractivity contribution in [1.82, 2.24) is 16.0 Å². The number of carbonyl (C=O) groups is 5. The molecule has 194 valence electrons. The molecule has 0 radical (unpaired) electrons. The molecule has 0 saturated carbocycles. The van der Waals surface area contributed by atoms with Crippen LogP contribution in [0.1, 0.15) is 46.1 Å². The Labute approximate surface area is 204 Å². The summed E-state index contributed by atoms with van der Waals surface area (Å²) in [6.07, 6.45) is -0.0232. The van der Waals surface area contributed by atoms with Crippen LogP contribution in [-0.4, -0.2) is 64.0 Å². The Morgan fingerprint density at radius 1 is 0.857 bits per heavy atom. The Morgan fingerprint density at radius 3 is 1.91 bits per heavy atom. The van der Waals surface area contributed by atoms with Gasteiger partial charge in [0.25, 0.3) is 0 Å². The SMILES string of the molecule is CCC(C)C(NC(=O)C(N)CC(=O)O)C(=O)NC(Cc1ccccc1)C(=O)NC(C(=O)O)C(C)C. The monoisotopic (exact) mass is 492 g/mol. The van der Waals surface area contributed by atoms with Gasteiger partial charge in [-0.25, -0.2) is 4.79 Å². The number of hydrogen-bond acceptors (Lipinski definition) is 6. The second-order valence-electron chi connectivity index (χ2n) is 8.90. The lowest BCUT2D eigenvalue weighted by atomic mass is 9.96. The third-order valence-corrected chi connectivity index (χ3v) is 5.67. The molecule has 0 aromatic heterocycles. The Kier molecular flexibility index (Phi) is 11.9. The zero-order valence-electron chi connectivity index (χ0n) is 20.5. The first-order valence-corrected chi connectivity index (χ1v) is 11.5. The van der Waals surface area contributed by atoms with Crippen LogP contribution in [0.15, 0.2) is 30.3 Å². The fourth-order valence-electron chi connectivity index (χ4n) is 3.33. The number of rotatable bonds is 14. The molecule has 5 atom stereocenters. The zero-order chi connectivity index (χ0) is 26.7. The number of aliphatic carboxylic acids is 2. The van der Waals surface area contributed by atoms with Crippen LogP contribution in [0, 0.1) is 11.8 Å². The maximum absolute atomic E-state index is 13.2. The number of carbonyl (C=O) groups excluding carboxylic acids is 3. The molecule has 0 saturated heterocycles. The molecule has 0 fully saturated rings. The lowest BCUT2D eigenvalue weighted by Gasteiger charge is -2.28. The number of amides is 3. The van der Waals surface area contributed by atoms with Gasteiger partial charge in [0.05, 0.1) is 12.5 Å². The van der Waals surface area contributed by atoms with Crippen molar-refractivity contribution < 1.29 is 34.2 Å². The Bertz CT molecular complexity index is 891. The van der Waals surface area contributed by atoms with Crippen LogP contribution in [-0.2, 0) is 30.4 Å². The lowest BCUT2D eigenvalue weighted by Crippen LogP contribution is -2.59. The van der Waals surface area contributed by atoms with Crippen molar-refractivity contribution in [2.45, 2.75) is 71.1 Å². The topological polar surface area (TPSA) is 188 Å². The molecule has 0 aliphatic rings. The summed E-state index contributed by atoms with van der Waals surface area (Å²) in [6, 6.07) is 4.16. The summed E-state index contributed by atoms with van der Waals surface area (Å²) >= 11 is 0. The normalized spacial score (nSPS) is 15.3. The minimum absolute atomic E-state index is 0.0859. The van der Waals surface area contributed by atoms with Gasteiger partial charge in [0.15, 0.2) is 0 Å². The van der Waals surface area contributed by atoms with E-state index in [4.69, 9.17) is 10.8 Å². The molecule has 5 unspecified atom stereocenters. The molecule has 0 bridgehead atoms. The van der Waals surface area contributed by atoms with Crippen LogP contribution >= 0.6 is 0 Å². The first-order chi connectivity index (χ1) is 16.4. The largest absolute Gasteiger partial charge is 0.481 e. The maximum Gasteiger partial charge on any atom is 0.326 e. The number of hydrogen-bond donors (Lipinski definition) is 6. The summed E-state index contributed by atoms with van der Waals surface area (Å²) in [7, 11) is 0. The van der Waals surface area contributed by atoms with E-state index in [2.05, 4.69) is 16.0 Å². The van der Waals surface area contributed by atoms with E-state index in [1.807, 2.05) is 6.92 Å². The van der Waals surface area contributed by atoms with E-state index >= 15 is 0 Å². The summed E-state index contributed by atoms with van der Waals surface area (Å²) in [5.74, 6) is -5.36. The van der Waals surface area contributed by atoms with Crippen molar-refractivity contribution in [3.05, 3.63) is 35.9 Å². The maximum atomic E-state index is 13.2. The van der Waals surface area contributed by atoms with Crippen molar-refractivity contribution in [2.24, 2.45) is 17.6 Å². The van der Waals surface area contributed by atoms with Crippen LogP contribution in [0.25, 0.3) is 0 Å². The predicted molar refractivity (Wildman–Crippen MR) is 128 cm³/mol. The third kappa shape index (κ3) is 9.73. The fraction of sp³-hybridized carbons (Fsp3) is 0.542. The number of carboxylic acid groups (broad SMARTS) is 2. The molecule has 3 amide bonds. The Balaban J connectivity index is 3.15. The quantitative estimate of drug-likeness (QED) is 0.213. The highest BCUT2D eigenvalue weighted by molar-refractivity contribution is 5.95. The second kappa shape index (κ2) is 14.1. The van der Waals surface area contributed by atoms with Crippen LogP contribution in [0.4, 0.5) is 0 Å². The second-order valence-corrected chi connectivity index (χ2v) is 8.90. The molecule has 1 rings (SSSR count). The van der Waals surface area contributed by atoms with Gasteiger partial charge in [0.1, 0.15) is 18.1 Å². The lowest BCUT2D eigenvalue weighted by molar-refractivity contribution is -0.143. The molecule has 1 aromatic carbocycles. The first kappa shape index (κ1) is 29.6. The van der Waals surface area contributed by atoms with E-state index in [1.165, 1.54) is 0 Å². The van der Waals surface area contributed by atoms with Gasteiger partial charge in [0.2, 0.25) is 17.7 Å². The molecule has 0 heterocycles. The summed E-state index contributed by atoms with van der Waals surface area (Å²) in [5.41, 5.74) is 6.36. The van der Waals surface area contributed by atoms with E-state index in [0.29, 0.717) is 6.42 Å². The highest BCUT2D eigenvalue weighted by atomic mass is 16.4. The zero-order valence-corrected chi connectivity index (χ0v) is 20.5. The van der Waals surface area contributed by atoms with Crippen molar-refractivity contribution in [3.63, 3.8) is 0 Å². The van der Waals surface area contributed by atoms with Gasteiger partial charge in [-0.1, -0.05) is 64.4 Å². The van der Waals surface area contributed by atoms with Gasteiger partial charge in [0, 0.05) is 6.42 Å². The van der Waals surface area contributed by atoms with Gasteiger partial charge in [-0.15, -0.1) is 0 Å². The Morgan fingerprint density at radius 2 is 1.43 bits per heavy atom. The summed E-state index contributed by atoms with van der Waals surface area (Å²) in [6.45, 7) is 6.83. The van der Waals surface area contributed by atoms with Crippen LogP contribution in [0.2, 0.25) is 0 Å². The van der Waals surface area contributed by atoms with Gasteiger partial charge >= 0.3 is 11.9 Å². The van der Waals surface area contributed by atoms with Crippen LogP contribution in [0.5, 0.6) is 0 Å². The van der Waals surface area contributed by atoms with E-state index < -0.39 is 66.2 Å². The summed E-state index contributed by atoms with van der Waals surface area (Å²) in [4.78, 5) is 61.1. The van der Waals surface area contributed by atoms with Gasteiger partial charge in [-0.2, -0.15) is 0 Å². The molecule has 11 heteroatoms. The first-order valence-electron chi connectivity index (χ1n) is 11.5. The molecule has 7 N–H and O–H groups in total. The average Bonchev–Trinajstić information content (AvgIpc) is 2.79. The molecule has 1 aromatic rings. The Hall–Kier alpha value is -3.47. The number of nitrogens with one attached hydrogen (secondary N) is 3. The van der Waals surface area contributed by atoms with Crippen molar-refractivity contribution >= 4 is 29.7 Å². The summed E-state index contributed by atoms with van der Waals surface area (Å²) in [5, 5.41) is 25.9. The predicted octanol–water partition coefficient (Wildman–Crippen LogP) is 0.272. The van der Waals surface area contributed by atoms with Crippen LogP contribution in [0.3, 0.4) is 0 Å². The average molecular weight is 493 g/mol. The molecule has 11 nitrogen and oxygen atoms in total. The molecular weight excluding hydrogens is 456 g/mol. The molecule has 0 aliphatic heterocycles. The van der Waals surface area contributed by atoms with Crippen molar-refractivity contribution in [1.29, 1.82) is 0 Å². The van der Waals surface area contributed by atoms with Crippen molar-refractivity contribution in [3.8, 4) is 0 Å². The van der Waals surface area contributed by atoms with Crippen LogP contribution < -0.4 is 21.7 Å². The fourth-order valence-corrected chi connectivity index (χ4v) is 3.33. The van der Waals surface area contributed by atoms with Gasteiger partial charge < -0.3 is 31.9 Å². The molecule has 0 aliphatic carbocycles. The highest BCUT2D eigenvalue weighted by Crippen LogP contribution is 2.11. The molecule has 35 heavy (non-hydrogen) atoms. The minimum atomic E-state index is -1.35. The van der Waals surface area contributed by atoms with Gasteiger partial charge in [-0.3, -0.25) is 19.2 Å². The molecule has 0 spiro atoms. The number of nitrogens with two attached hydrogens (primary N) is 1. The third-order valence-electron chi connectivity index (χ3n) is 5.67. The smallest absolute Gasteiger partial charge is 0.326 e. The van der Waals surface area contributed by atoms with E-state index in [0.717, 1.165) is 5.56 Å². The summed E-state index contributed by atoms with van der Waals surface area (Å²) < 4.78 is 0.